The zero-order valence-electron chi connectivity index (χ0n) is 15.1. The minimum Gasteiger partial charge on any atom is -0.298 e. The average molecular weight is 363 g/mol. The van der Waals surface area contributed by atoms with Crippen LogP contribution in [0.3, 0.4) is 0 Å². The highest BCUT2D eigenvalue weighted by atomic mass is 28.4. The van der Waals surface area contributed by atoms with E-state index in [0.717, 1.165) is 30.5 Å². The largest absolute Gasteiger partial charge is 0.298 e. The van der Waals surface area contributed by atoms with Crippen molar-refractivity contribution >= 4 is 14.0 Å². The van der Waals surface area contributed by atoms with Crippen LogP contribution in [0.5, 0.6) is 0 Å². The fourth-order valence-electron chi connectivity index (χ4n) is 3.76. The van der Waals surface area contributed by atoms with Crippen LogP contribution in [0.1, 0.15) is 37.2 Å². The summed E-state index contributed by atoms with van der Waals surface area (Å²) >= 11 is 0. The summed E-state index contributed by atoms with van der Waals surface area (Å²) in [6.07, 6.45) is 4.52. The zero-order valence-corrected chi connectivity index (χ0v) is 16.1. The van der Waals surface area contributed by atoms with Crippen LogP contribution < -0.4 is 0 Å². The van der Waals surface area contributed by atoms with Gasteiger partial charge in [-0.15, -0.1) is 5.23 Å². The van der Waals surface area contributed by atoms with Crippen LogP contribution in [0.2, 0.25) is 19.6 Å². The predicted octanol–water partition coefficient (Wildman–Crippen LogP) is 4.76. The number of hydrogen-bond donors (Lipinski definition) is 0. The summed E-state index contributed by atoms with van der Waals surface area (Å²) in [5, 5.41) is 12.5. The third kappa shape index (κ3) is 3.94. The summed E-state index contributed by atoms with van der Waals surface area (Å²) in [4.78, 5) is 16.7. The molecule has 136 valence electrons. The molecule has 6 nitrogen and oxygen atoms in total. The van der Waals surface area contributed by atoms with Crippen molar-refractivity contribution in [2.75, 3.05) is 0 Å². The Bertz CT molecular complexity index is 656. The zero-order chi connectivity index (χ0) is 18.2. The molecule has 1 aliphatic heterocycles. The maximum absolute atomic E-state index is 10.9. The number of allylic oxidation sites excluding steroid dienone is 1. The van der Waals surface area contributed by atoms with Gasteiger partial charge in [0.05, 0.1) is 16.7 Å². The van der Waals surface area contributed by atoms with Gasteiger partial charge in [-0.05, 0) is 38.0 Å². The van der Waals surface area contributed by atoms with Gasteiger partial charge in [-0.1, -0.05) is 31.6 Å². The highest BCUT2D eigenvalue weighted by molar-refractivity contribution is 6.69. The monoisotopic (exact) mass is 362 g/mol. The lowest BCUT2D eigenvalue weighted by atomic mass is 9.73. The van der Waals surface area contributed by atoms with Crippen LogP contribution in [-0.2, 0) is 9.36 Å². The average Bonchev–Trinajstić information content (AvgIpc) is 2.54. The molecule has 1 aromatic rings. The first-order valence-corrected chi connectivity index (χ1v) is 12.3. The third-order valence-electron chi connectivity index (χ3n) is 4.83. The Morgan fingerprint density at radius 1 is 1.24 bits per heavy atom. The molecular formula is C18H26N2O4Si. The summed E-state index contributed by atoms with van der Waals surface area (Å²) in [7, 11) is -1.85. The maximum atomic E-state index is 10.9. The molecule has 0 aromatic heterocycles. The fraction of sp³-hybridized carbons (Fsp3) is 0.556. The molecule has 2 fully saturated rings. The van der Waals surface area contributed by atoms with Crippen molar-refractivity contribution in [2.45, 2.75) is 57.3 Å². The van der Waals surface area contributed by atoms with Crippen LogP contribution in [0.4, 0.5) is 5.69 Å². The first-order chi connectivity index (χ1) is 11.8. The quantitative estimate of drug-likeness (QED) is 0.439. The highest BCUT2D eigenvalue weighted by Crippen LogP contribution is 2.47. The number of nitrogens with zero attached hydrogens (tertiary/aromatic N) is 2. The molecular weight excluding hydrogens is 336 g/mol. The van der Waals surface area contributed by atoms with Crippen LogP contribution in [-0.4, -0.2) is 24.6 Å². The van der Waals surface area contributed by atoms with Crippen molar-refractivity contribution in [1.29, 1.82) is 0 Å². The molecule has 1 heterocycles. The van der Waals surface area contributed by atoms with Crippen molar-refractivity contribution in [2.24, 2.45) is 5.92 Å². The summed E-state index contributed by atoms with van der Waals surface area (Å²) in [6.45, 7) is 10.6. The summed E-state index contributed by atoms with van der Waals surface area (Å²) in [6, 6.07) is 6.83. The molecule has 3 atom stereocenters. The van der Waals surface area contributed by atoms with E-state index in [1.807, 2.05) is 12.1 Å². The van der Waals surface area contributed by atoms with E-state index in [1.165, 1.54) is 6.42 Å². The number of nitro benzene ring substituents is 1. The normalized spacial score (nSPS) is 27.1. The standard InChI is InChI=1S/C18H26N2O4Si/c1-13-18(14-9-11-15(12-10-14)19(21)22)16-7-5-6-8-17(16)23-20(13)24-25(2,3)4/h9-12,16-18H,1,5-8H2,2-4H3/t16-,17+,18+/m1/s1. The van der Waals surface area contributed by atoms with E-state index in [1.54, 1.807) is 17.4 Å². The Labute approximate surface area is 149 Å². The Morgan fingerprint density at radius 2 is 1.88 bits per heavy atom. The summed E-state index contributed by atoms with van der Waals surface area (Å²) < 4.78 is 6.10. The van der Waals surface area contributed by atoms with Gasteiger partial charge in [0.2, 0.25) is 8.32 Å². The van der Waals surface area contributed by atoms with Crippen LogP contribution >= 0.6 is 0 Å². The smallest absolute Gasteiger partial charge is 0.269 e. The van der Waals surface area contributed by atoms with E-state index in [9.17, 15) is 10.1 Å². The van der Waals surface area contributed by atoms with Gasteiger partial charge in [-0.25, -0.2) is 4.84 Å². The third-order valence-corrected chi connectivity index (χ3v) is 5.54. The van der Waals surface area contributed by atoms with Gasteiger partial charge in [0.15, 0.2) is 0 Å². The number of hydrogen-bond acceptors (Lipinski definition) is 5. The molecule has 7 heteroatoms. The minimum atomic E-state index is -1.85. The molecule has 0 unspecified atom stereocenters. The number of hydroxylamine groups is 2. The topological polar surface area (TPSA) is 64.8 Å². The van der Waals surface area contributed by atoms with E-state index in [2.05, 4.69) is 26.2 Å². The molecule has 0 spiro atoms. The first-order valence-electron chi connectivity index (χ1n) is 8.85. The number of non-ortho nitro benzene ring substituents is 1. The van der Waals surface area contributed by atoms with Gasteiger partial charge in [-0.3, -0.25) is 14.6 Å². The van der Waals surface area contributed by atoms with E-state index < -0.39 is 8.32 Å². The molecule has 0 bridgehead atoms. The van der Waals surface area contributed by atoms with Crippen molar-refractivity contribution in [3.05, 3.63) is 52.2 Å². The molecule has 1 saturated heterocycles. The second kappa shape index (κ2) is 6.90. The van der Waals surface area contributed by atoms with Gasteiger partial charge < -0.3 is 0 Å². The van der Waals surface area contributed by atoms with Crippen LogP contribution in [0, 0.1) is 16.0 Å². The lowest BCUT2D eigenvalue weighted by molar-refractivity contribution is -0.384. The van der Waals surface area contributed by atoms with E-state index in [4.69, 9.17) is 9.36 Å². The molecule has 1 aromatic carbocycles. The predicted molar refractivity (Wildman–Crippen MR) is 98.1 cm³/mol. The Kier molecular flexibility index (Phi) is 4.99. The lowest BCUT2D eigenvalue weighted by Crippen LogP contribution is -2.49. The number of nitro groups is 1. The summed E-state index contributed by atoms with van der Waals surface area (Å²) in [5.74, 6) is 0.403. The Morgan fingerprint density at radius 3 is 2.48 bits per heavy atom. The van der Waals surface area contributed by atoms with E-state index >= 15 is 0 Å². The second-order valence-electron chi connectivity index (χ2n) is 7.87. The molecule has 1 saturated carbocycles. The molecule has 0 N–H and O–H groups in total. The van der Waals surface area contributed by atoms with Crippen molar-refractivity contribution in [3.8, 4) is 0 Å². The van der Waals surface area contributed by atoms with Crippen LogP contribution in [0.25, 0.3) is 0 Å². The lowest BCUT2D eigenvalue weighted by Gasteiger charge is -2.47. The molecule has 1 aliphatic carbocycles. The number of benzene rings is 1. The van der Waals surface area contributed by atoms with Gasteiger partial charge in [0, 0.05) is 24.0 Å². The molecule has 0 radical (unpaired) electrons. The first kappa shape index (κ1) is 18.1. The second-order valence-corrected chi connectivity index (χ2v) is 12.3. The van der Waals surface area contributed by atoms with Crippen molar-refractivity contribution in [1.82, 2.24) is 5.23 Å². The molecule has 25 heavy (non-hydrogen) atoms. The van der Waals surface area contributed by atoms with Crippen molar-refractivity contribution < 1.29 is 14.3 Å². The van der Waals surface area contributed by atoms with Gasteiger partial charge in [0.25, 0.3) is 5.69 Å². The Hall–Kier alpha value is -1.70. The van der Waals surface area contributed by atoms with E-state index in [-0.39, 0.29) is 22.6 Å². The van der Waals surface area contributed by atoms with E-state index in [0.29, 0.717) is 5.92 Å². The Balaban J connectivity index is 1.92. The highest BCUT2D eigenvalue weighted by Gasteiger charge is 2.44. The molecule has 0 amide bonds. The van der Waals surface area contributed by atoms with Crippen LogP contribution in [0.15, 0.2) is 36.5 Å². The maximum Gasteiger partial charge on any atom is 0.269 e. The molecule has 3 rings (SSSR count). The number of fused-ring (bicyclic) bond motifs is 1. The van der Waals surface area contributed by atoms with Gasteiger partial charge in [0.1, 0.15) is 0 Å². The number of rotatable bonds is 4. The van der Waals surface area contributed by atoms with Gasteiger partial charge in [-0.2, -0.15) is 0 Å². The summed E-state index contributed by atoms with van der Waals surface area (Å²) in [5.41, 5.74) is 1.94. The molecule has 2 aliphatic rings. The SMILES string of the molecule is C=C1[C@@H](c2ccc([N+](=O)[O-])cc2)[C@@H]2CCCC[C@@H]2ON1O[Si](C)(C)C. The van der Waals surface area contributed by atoms with Gasteiger partial charge >= 0.3 is 0 Å². The fourth-order valence-corrected chi connectivity index (χ4v) is 4.42. The minimum absolute atomic E-state index is 0.0659. The van der Waals surface area contributed by atoms with Crippen molar-refractivity contribution in [3.63, 3.8) is 0 Å².